The summed E-state index contributed by atoms with van der Waals surface area (Å²) in [4.78, 5) is 23.4. The molecule has 0 radical (unpaired) electrons. The number of hydrogen-bond donors (Lipinski definition) is 1. The molecule has 0 bridgehead atoms. The van der Waals surface area contributed by atoms with Gasteiger partial charge < -0.3 is 5.11 Å². The van der Waals surface area contributed by atoms with Gasteiger partial charge in [0.1, 0.15) is 0 Å². The number of hydrogen-bond acceptors (Lipinski definition) is 3. The van der Waals surface area contributed by atoms with Gasteiger partial charge >= 0.3 is 5.97 Å². The molecular weight excluding hydrogens is 420 g/mol. The molecule has 2 aromatic carbocycles. The first-order chi connectivity index (χ1) is 12.5. The van der Waals surface area contributed by atoms with E-state index in [4.69, 9.17) is 16.7 Å². The van der Waals surface area contributed by atoms with Crippen molar-refractivity contribution in [2.24, 2.45) is 5.10 Å². The summed E-state index contributed by atoms with van der Waals surface area (Å²) in [6, 6.07) is 14.7. The van der Waals surface area contributed by atoms with E-state index in [0.717, 1.165) is 21.3 Å². The van der Waals surface area contributed by atoms with Gasteiger partial charge in [0.15, 0.2) is 0 Å². The molecule has 1 amide bonds. The van der Waals surface area contributed by atoms with Crippen LogP contribution < -0.4 is 0 Å². The maximum Gasteiger partial charge on any atom is 0.303 e. The Morgan fingerprint density at radius 3 is 2.50 bits per heavy atom. The normalized spacial score (nSPS) is 16.5. The van der Waals surface area contributed by atoms with Gasteiger partial charge in [-0.05, 0) is 29.3 Å². The van der Waals surface area contributed by atoms with Crippen LogP contribution in [0.4, 0.5) is 0 Å². The van der Waals surface area contributed by atoms with Crippen LogP contribution in [0.1, 0.15) is 36.4 Å². The first-order valence-corrected chi connectivity index (χ1v) is 9.24. The van der Waals surface area contributed by atoms with Gasteiger partial charge in [-0.1, -0.05) is 57.9 Å². The second kappa shape index (κ2) is 8.01. The van der Waals surface area contributed by atoms with Crippen LogP contribution in [0.15, 0.2) is 58.1 Å². The highest BCUT2D eigenvalue weighted by Gasteiger charge is 2.34. The predicted molar refractivity (Wildman–Crippen MR) is 103 cm³/mol. The lowest BCUT2D eigenvalue weighted by Crippen LogP contribution is -2.27. The van der Waals surface area contributed by atoms with Gasteiger partial charge in [0.2, 0.25) is 5.91 Å². The van der Waals surface area contributed by atoms with Gasteiger partial charge in [0.25, 0.3) is 0 Å². The summed E-state index contributed by atoms with van der Waals surface area (Å²) >= 11 is 9.73. The molecule has 0 aliphatic carbocycles. The van der Waals surface area contributed by atoms with Gasteiger partial charge in [-0.25, -0.2) is 5.01 Å². The van der Waals surface area contributed by atoms with Gasteiger partial charge in [0.05, 0.1) is 18.2 Å². The number of amides is 1. The summed E-state index contributed by atoms with van der Waals surface area (Å²) in [6.45, 7) is 0. The van der Waals surface area contributed by atoms with Crippen LogP contribution in [0.2, 0.25) is 5.02 Å². The van der Waals surface area contributed by atoms with Crippen molar-refractivity contribution >= 4 is 45.1 Å². The number of carboxylic acids is 1. The van der Waals surface area contributed by atoms with Crippen LogP contribution in [0, 0.1) is 0 Å². The minimum Gasteiger partial charge on any atom is -0.481 e. The zero-order valence-electron chi connectivity index (χ0n) is 13.7. The second-order valence-corrected chi connectivity index (χ2v) is 7.25. The van der Waals surface area contributed by atoms with E-state index in [0.29, 0.717) is 11.4 Å². The minimum absolute atomic E-state index is 0.104. The molecule has 1 aliphatic rings. The van der Waals surface area contributed by atoms with Crippen molar-refractivity contribution in [3.05, 3.63) is 69.2 Å². The Kier molecular flexibility index (Phi) is 5.74. The van der Waals surface area contributed by atoms with E-state index >= 15 is 0 Å². The van der Waals surface area contributed by atoms with Crippen molar-refractivity contribution in [3.8, 4) is 0 Å². The lowest BCUT2D eigenvalue weighted by atomic mass is 9.98. The van der Waals surface area contributed by atoms with Crippen LogP contribution in [0.3, 0.4) is 0 Å². The Hall–Kier alpha value is -2.18. The Morgan fingerprint density at radius 2 is 1.85 bits per heavy atom. The fraction of sp³-hybridized carbons (Fsp3) is 0.211. The van der Waals surface area contributed by atoms with Gasteiger partial charge in [-0.3, -0.25) is 9.59 Å². The number of halogens is 2. The average Bonchev–Trinajstić information content (AvgIpc) is 3.06. The number of carbonyl (C=O) groups is 2. The van der Waals surface area contributed by atoms with Gasteiger partial charge in [-0.15, -0.1) is 0 Å². The molecule has 0 fully saturated rings. The number of benzene rings is 2. The SMILES string of the molecule is O=C(O)CCC(=O)N1N=C(c2ccc(Br)cc2)C[C@H]1c1ccccc1Cl. The van der Waals surface area contributed by atoms with Crippen LogP contribution in [0.5, 0.6) is 0 Å². The lowest BCUT2D eigenvalue weighted by Gasteiger charge is -2.22. The third kappa shape index (κ3) is 4.14. The van der Waals surface area contributed by atoms with E-state index in [1.807, 2.05) is 42.5 Å². The zero-order chi connectivity index (χ0) is 18.7. The smallest absolute Gasteiger partial charge is 0.303 e. The summed E-state index contributed by atoms with van der Waals surface area (Å²) in [5.41, 5.74) is 2.48. The van der Waals surface area contributed by atoms with E-state index in [2.05, 4.69) is 21.0 Å². The molecule has 134 valence electrons. The van der Waals surface area contributed by atoms with Crippen LogP contribution in [-0.4, -0.2) is 27.7 Å². The average molecular weight is 436 g/mol. The lowest BCUT2D eigenvalue weighted by molar-refractivity contribution is -0.141. The van der Waals surface area contributed by atoms with Crippen molar-refractivity contribution in [2.45, 2.75) is 25.3 Å². The molecule has 1 aliphatic heterocycles. The van der Waals surface area contributed by atoms with Crippen LogP contribution in [0.25, 0.3) is 0 Å². The first kappa shape index (κ1) is 18.6. The van der Waals surface area contributed by atoms with E-state index in [1.165, 1.54) is 5.01 Å². The van der Waals surface area contributed by atoms with Crippen molar-refractivity contribution in [3.63, 3.8) is 0 Å². The van der Waals surface area contributed by atoms with Gasteiger partial charge in [-0.2, -0.15) is 5.10 Å². The number of carbonyl (C=O) groups excluding carboxylic acids is 1. The molecule has 5 nitrogen and oxygen atoms in total. The summed E-state index contributed by atoms with van der Waals surface area (Å²) in [7, 11) is 0. The fourth-order valence-corrected chi connectivity index (χ4v) is 3.40. The molecular formula is C19H16BrClN2O3. The quantitative estimate of drug-likeness (QED) is 0.743. The third-order valence-corrected chi connectivity index (χ3v) is 5.03. The summed E-state index contributed by atoms with van der Waals surface area (Å²) in [5.74, 6) is -1.34. The Bertz CT molecular complexity index is 867. The summed E-state index contributed by atoms with van der Waals surface area (Å²) in [5, 5.41) is 15.3. The number of nitrogens with zero attached hydrogens (tertiary/aromatic N) is 2. The first-order valence-electron chi connectivity index (χ1n) is 8.07. The molecule has 1 atom stereocenters. The minimum atomic E-state index is -1.01. The summed E-state index contributed by atoms with van der Waals surface area (Å²) in [6.07, 6.45) is 0.186. The molecule has 0 saturated carbocycles. The number of hydrazone groups is 1. The maximum atomic E-state index is 12.6. The topological polar surface area (TPSA) is 70.0 Å². The number of rotatable bonds is 5. The highest BCUT2D eigenvalue weighted by molar-refractivity contribution is 9.10. The van der Waals surface area contributed by atoms with Crippen LogP contribution >= 0.6 is 27.5 Å². The largest absolute Gasteiger partial charge is 0.481 e. The molecule has 0 aromatic heterocycles. The fourth-order valence-electron chi connectivity index (χ4n) is 2.87. The second-order valence-electron chi connectivity index (χ2n) is 5.93. The van der Waals surface area contributed by atoms with Gasteiger partial charge in [0, 0.05) is 22.3 Å². The molecule has 0 unspecified atom stereocenters. The molecule has 1 heterocycles. The predicted octanol–water partition coefficient (Wildman–Crippen LogP) is 4.65. The maximum absolute atomic E-state index is 12.6. The van der Waals surface area contributed by atoms with Crippen molar-refractivity contribution in [1.82, 2.24) is 5.01 Å². The molecule has 7 heteroatoms. The van der Waals surface area contributed by atoms with Crippen molar-refractivity contribution < 1.29 is 14.7 Å². The standard InChI is InChI=1S/C19H16BrClN2O3/c20-13-7-5-12(6-8-13)16-11-17(14-3-1-2-4-15(14)21)23(22-16)18(24)9-10-19(25)26/h1-8,17H,9-11H2,(H,25,26)/t17-/m0/s1. The highest BCUT2D eigenvalue weighted by atomic mass is 79.9. The Labute approximate surface area is 164 Å². The monoisotopic (exact) mass is 434 g/mol. The molecule has 1 N–H and O–H groups in total. The highest BCUT2D eigenvalue weighted by Crippen LogP contribution is 2.36. The van der Waals surface area contributed by atoms with E-state index in [9.17, 15) is 9.59 Å². The molecule has 0 saturated heterocycles. The number of aliphatic carboxylic acids is 1. The summed E-state index contributed by atoms with van der Waals surface area (Å²) < 4.78 is 0.955. The molecule has 3 rings (SSSR count). The number of carboxylic acid groups (broad SMARTS) is 1. The van der Waals surface area contributed by atoms with Crippen molar-refractivity contribution in [1.29, 1.82) is 0 Å². The molecule has 26 heavy (non-hydrogen) atoms. The third-order valence-electron chi connectivity index (χ3n) is 4.16. The van der Waals surface area contributed by atoms with E-state index in [1.54, 1.807) is 6.07 Å². The Balaban J connectivity index is 1.93. The Morgan fingerprint density at radius 1 is 1.15 bits per heavy atom. The van der Waals surface area contributed by atoms with Crippen molar-refractivity contribution in [2.75, 3.05) is 0 Å². The van der Waals surface area contributed by atoms with Crippen LogP contribution in [-0.2, 0) is 9.59 Å². The molecule has 0 spiro atoms. The zero-order valence-corrected chi connectivity index (χ0v) is 16.1. The molecule has 2 aromatic rings. The van der Waals surface area contributed by atoms with E-state index in [-0.39, 0.29) is 24.8 Å². The van der Waals surface area contributed by atoms with E-state index < -0.39 is 5.97 Å².